The summed E-state index contributed by atoms with van der Waals surface area (Å²) in [6.45, 7) is 0.929. The molecule has 0 radical (unpaired) electrons. The zero-order valence-corrected chi connectivity index (χ0v) is 16.0. The predicted octanol–water partition coefficient (Wildman–Crippen LogP) is 0.879. The zero-order valence-electron chi connectivity index (χ0n) is 15.2. The van der Waals surface area contributed by atoms with Gasteiger partial charge in [-0.15, -0.1) is 15.3 Å². The number of anilines is 1. The van der Waals surface area contributed by atoms with Crippen LogP contribution >= 0.6 is 0 Å². The van der Waals surface area contributed by atoms with Crippen molar-refractivity contribution >= 4 is 21.5 Å². The number of hydrogen-bond donors (Lipinski definition) is 2. The van der Waals surface area contributed by atoms with Crippen LogP contribution in [-0.2, 0) is 22.9 Å². The van der Waals surface area contributed by atoms with Gasteiger partial charge in [-0.1, -0.05) is 18.2 Å². The molecule has 0 spiro atoms. The standard InChI is InChI=1S/C17H22N6O3S/c1-26-14-6-4-3-5-13(14)9-11-18-15-7-8-16-20-21-17(23(16)22-15)10-12-19-27(2,24)25/h3-8,19H,9-12H2,1-2H3,(H,18,22). The van der Waals surface area contributed by atoms with E-state index in [1.54, 1.807) is 11.6 Å². The fourth-order valence-electron chi connectivity index (χ4n) is 2.67. The van der Waals surface area contributed by atoms with Gasteiger partial charge in [-0.2, -0.15) is 4.52 Å². The highest BCUT2D eigenvalue weighted by Crippen LogP contribution is 2.17. The van der Waals surface area contributed by atoms with Crippen molar-refractivity contribution in [3.05, 3.63) is 47.8 Å². The number of rotatable bonds is 9. The maximum absolute atomic E-state index is 11.2. The van der Waals surface area contributed by atoms with Crippen molar-refractivity contribution in [3.8, 4) is 5.75 Å². The van der Waals surface area contributed by atoms with Crippen LogP contribution in [0.25, 0.3) is 5.65 Å². The molecule has 0 aliphatic rings. The first-order valence-corrected chi connectivity index (χ1v) is 10.4. The molecule has 0 amide bonds. The number of nitrogens with one attached hydrogen (secondary N) is 2. The van der Waals surface area contributed by atoms with Crippen LogP contribution < -0.4 is 14.8 Å². The van der Waals surface area contributed by atoms with Crippen LogP contribution in [0.2, 0.25) is 0 Å². The van der Waals surface area contributed by atoms with Gasteiger partial charge in [0.05, 0.1) is 13.4 Å². The van der Waals surface area contributed by atoms with E-state index in [-0.39, 0.29) is 6.54 Å². The van der Waals surface area contributed by atoms with E-state index in [4.69, 9.17) is 4.74 Å². The van der Waals surface area contributed by atoms with Gasteiger partial charge >= 0.3 is 0 Å². The van der Waals surface area contributed by atoms with Crippen molar-refractivity contribution in [2.75, 3.05) is 31.8 Å². The Morgan fingerprint density at radius 1 is 1.07 bits per heavy atom. The van der Waals surface area contributed by atoms with Crippen LogP contribution in [0, 0.1) is 0 Å². The van der Waals surface area contributed by atoms with E-state index in [0.717, 1.165) is 24.0 Å². The normalized spacial score (nSPS) is 11.6. The summed E-state index contributed by atoms with van der Waals surface area (Å²) in [5.41, 5.74) is 1.73. The molecule has 0 aliphatic carbocycles. The molecule has 10 heteroatoms. The Morgan fingerprint density at radius 2 is 1.89 bits per heavy atom. The molecule has 0 saturated heterocycles. The number of nitrogens with zero attached hydrogens (tertiary/aromatic N) is 4. The molecule has 0 unspecified atom stereocenters. The topological polar surface area (TPSA) is 111 Å². The van der Waals surface area contributed by atoms with Crippen molar-refractivity contribution in [2.24, 2.45) is 0 Å². The minimum absolute atomic E-state index is 0.243. The molecule has 0 atom stereocenters. The Labute approximate surface area is 157 Å². The average Bonchev–Trinajstić information content (AvgIpc) is 3.03. The number of methoxy groups -OCH3 is 1. The Morgan fingerprint density at radius 3 is 2.67 bits per heavy atom. The summed E-state index contributed by atoms with van der Waals surface area (Å²) < 4.78 is 31.8. The second-order valence-corrected chi connectivity index (χ2v) is 7.84. The quantitative estimate of drug-likeness (QED) is 0.558. The van der Waals surface area contributed by atoms with Gasteiger partial charge in [0.25, 0.3) is 0 Å². The van der Waals surface area contributed by atoms with E-state index < -0.39 is 10.0 Å². The maximum atomic E-state index is 11.2. The lowest BCUT2D eigenvalue weighted by Gasteiger charge is -2.09. The molecule has 0 aliphatic heterocycles. The molecule has 9 nitrogen and oxygen atoms in total. The van der Waals surface area contributed by atoms with Crippen molar-refractivity contribution < 1.29 is 13.2 Å². The Bertz CT molecular complexity index is 1020. The second-order valence-electron chi connectivity index (χ2n) is 6.01. The number of para-hydroxylation sites is 1. The Kier molecular flexibility index (Phi) is 5.87. The smallest absolute Gasteiger partial charge is 0.208 e. The monoisotopic (exact) mass is 390 g/mol. The summed E-state index contributed by atoms with van der Waals surface area (Å²) in [5.74, 6) is 2.14. The highest BCUT2D eigenvalue weighted by atomic mass is 32.2. The Balaban J connectivity index is 1.64. The lowest BCUT2D eigenvalue weighted by molar-refractivity contribution is 0.410. The van der Waals surface area contributed by atoms with Crippen LogP contribution in [0.4, 0.5) is 5.82 Å². The molecule has 144 valence electrons. The fourth-order valence-corrected chi connectivity index (χ4v) is 3.14. The van der Waals surface area contributed by atoms with Gasteiger partial charge in [0.2, 0.25) is 10.0 Å². The third kappa shape index (κ3) is 5.14. The van der Waals surface area contributed by atoms with Gasteiger partial charge in [-0.05, 0) is 30.2 Å². The predicted molar refractivity (Wildman–Crippen MR) is 103 cm³/mol. The number of ether oxygens (including phenoxy) is 1. The van der Waals surface area contributed by atoms with Crippen molar-refractivity contribution in [1.82, 2.24) is 24.5 Å². The number of aromatic nitrogens is 4. The molecule has 0 saturated carbocycles. The van der Waals surface area contributed by atoms with Gasteiger partial charge in [0.15, 0.2) is 11.5 Å². The molecular formula is C17H22N6O3S. The first-order valence-electron chi connectivity index (χ1n) is 8.48. The second kappa shape index (κ2) is 8.31. The van der Waals surface area contributed by atoms with Crippen LogP contribution in [0.5, 0.6) is 5.75 Å². The van der Waals surface area contributed by atoms with Gasteiger partial charge < -0.3 is 10.1 Å². The van der Waals surface area contributed by atoms with E-state index >= 15 is 0 Å². The molecular weight excluding hydrogens is 368 g/mol. The number of sulfonamides is 1. The minimum atomic E-state index is -3.23. The minimum Gasteiger partial charge on any atom is -0.496 e. The third-order valence-electron chi connectivity index (χ3n) is 3.93. The van der Waals surface area contributed by atoms with E-state index in [0.29, 0.717) is 30.3 Å². The molecule has 2 N–H and O–H groups in total. The molecule has 0 fully saturated rings. The first-order chi connectivity index (χ1) is 13.0. The van der Waals surface area contributed by atoms with Gasteiger partial charge in [-0.25, -0.2) is 13.1 Å². The molecule has 3 aromatic rings. The highest BCUT2D eigenvalue weighted by Gasteiger charge is 2.09. The molecule has 3 rings (SSSR count). The van der Waals surface area contributed by atoms with Crippen molar-refractivity contribution in [2.45, 2.75) is 12.8 Å². The van der Waals surface area contributed by atoms with Crippen molar-refractivity contribution in [1.29, 1.82) is 0 Å². The summed E-state index contributed by atoms with van der Waals surface area (Å²) in [7, 11) is -1.57. The summed E-state index contributed by atoms with van der Waals surface area (Å²) >= 11 is 0. The van der Waals surface area contributed by atoms with E-state index in [1.165, 1.54) is 0 Å². The van der Waals surface area contributed by atoms with Crippen LogP contribution in [0.3, 0.4) is 0 Å². The SMILES string of the molecule is COc1ccccc1CCNc1ccc2nnc(CCNS(C)(=O)=O)n2n1. The van der Waals surface area contributed by atoms with Crippen LogP contribution in [0.15, 0.2) is 36.4 Å². The third-order valence-corrected chi connectivity index (χ3v) is 4.66. The van der Waals surface area contributed by atoms with Crippen LogP contribution in [-0.4, -0.2) is 54.7 Å². The fraction of sp³-hybridized carbons (Fsp3) is 0.353. The average molecular weight is 390 g/mol. The maximum Gasteiger partial charge on any atom is 0.208 e. The summed E-state index contributed by atoms with van der Waals surface area (Å²) in [5, 5.41) is 15.9. The van der Waals surface area contributed by atoms with E-state index in [1.807, 2.05) is 36.4 Å². The Hall–Kier alpha value is -2.72. The highest BCUT2D eigenvalue weighted by molar-refractivity contribution is 7.88. The van der Waals surface area contributed by atoms with E-state index in [2.05, 4.69) is 25.3 Å². The lowest BCUT2D eigenvalue weighted by atomic mass is 10.1. The van der Waals surface area contributed by atoms with E-state index in [9.17, 15) is 8.42 Å². The zero-order chi connectivity index (χ0) is 19.3. The van der Waals surface area contributed by atoms with Crippen LogP contribution in [0.1, 0.15) is 11.4 Å². The lowest BCUT2D eigenvalue weighted by Crippen LogP contribution is -2.25. The summed E-state index contributed by atoms with van der Waals surface area (Å²) in [6, 6.07) is 11.6. The first kappa shape index (κ1) is 19.1. The molecule has 2 heterocycles. The summed E-state index contributed by atoms with van der Waals surface area (Å²) in [6.07, 6.45) is 2.31. The van der Waals surface area contributed by atoms with Gasteiger partial charge in [0, 0.05) is 19.5 Å². The summed E-state index contributed by atoms with van der Waals surface area (Å²) in [4.78, 5) is 0. The largest absolute Gasteiger partial charge is 0.496 e. The molecule has 1 aromatic carbocycles. The molecule has 2 aromatic heterocycles. The molecule has 0 bridgehead atoms. The number of benzene rings is 1. The van der Waals surface area contributed by atoms with Gasteiger partial charge in [0.1, 0.15) is 11.6 Å². The number of fused-ring (bicyclic) bond motifs is 1. The number of hydrogen-bond acceptors (Lipinski definition) is 7. The van der Waals surface area contributed by atoms with Gasteiger partial charge in [-0.3, -0.25) is 0 Å². The van der Waals surface area contributed by atoms with Crippen molar-refractivity contribution in [3.63, 3.8) is 0 Å². The molecule has 27 heavy (non-hydrogen) atoms.